The van der Waals surface area contributed by atoms with Crippen molar-refractivity contribution in [2.24, 2.45) is 5.73 Å². The first-order valence-corrected chi connectivity index (χ1v) is 7.41. The van der Waals surface area contributed by atoms with Gasteiger partial charge in [-0.1, -0.05) is 38.4 Å². The molecule has 0 radical (unpaired) electrons. The Kier molecular flexibility index (Phi) is 6.22. The van der Waals surface area contributed by atoms with E-state index in [1.165, 1.54) is 19.3 Å². The summed E-state index contributed by atoms with van der Waals surface area (Å²) < 4.78 is 0. The average Bonchev–Trinajstić information content (AvgIpc) is 2.27. The third kappa shape index (κ3) is 4.78. The number of nitrogens with zero attached hydrogens (tertiary/aromatic N) is 1. The number of aromatic nitrogens is 1. The fourth-order valence-corrected chi connectivity index (χ4v) is 2.52. The van der Waals surface area contributed by atoms with Gasteiger partial charge in [-0.3, -0.25) is 0 Å². The van der Waals surface area contributed by atoms with Crippen molar-refractivity contribution in [1.29, 1.82) is 0 Å². The van der Waals surface area contributed by atoms with Gasteiger partial charge in [-0.15, -0.1) is 0 Å². The zero-order chi connectivity index (χ0) is 14.4. The molecule has 3 nitrogen and oxygen atoms in total. The van der Waals surface area contributed by atoms with Crippen LogP contribution in [0.1, 0.15) is 56.4 Å². The Bertz CT molecular complexity index is 443. The predicted molar refractivity (Wildman–Crippen MR) is 86.8 cm³/mol. The second-order valence-corrected chi connectivity index (χ2v) is 5.65. The van der Waals surface area contributed by atoms with Gasteiger partial charge in [-0.05, 0) is 38.8 Å². The molecule has 0 saturated carbocycles. The van der Waals surface area contributed by atoms with Crippen molar-refractivity contribution in [1.82, 2.24) is 4.98 Å². The maximum absolute atomic E-state index is 5.81. The number of hydrogen-bond donors (Lipinski definition) is 2. The minimum absolute atomic E-state index is 0.383. The second-order valence-electron chi connectivity index (χ2n) is 5.21. The highest BCUT2D eigenvalue weighted by Crippen LogP contribution is 2.20. The van der Waals surface area contributed by atoms with Gasteiger partial charge in [0.2, 0.25) is 0 Å². The molecule has 0 amide bonds. The molecule has 0 bridgehead atoms. The Morgan fingerprint density at radius 2 is 2.11 bits per heavy atom. The fourth-order valence-electron chi connectivity index (χ4n) is 2.26. The Balaban J connectivity index is 2.84. The lowest BCUT2D eigenvalue weighted by Gasteiger charge is -2.18. The summed E-state index contributed by atoms with van der Waals surface area (Å²) in [4.78, 5) is 4.96. The number of pyridine rings is 1. The normalized spacial score (nSPS) is 12.2. The molecule has 1 atom stereocenters. The Labute approximate surface area is 122 Å². The summed E-state index contributed by atoms with van der Waals surface area (Å²) in [7, 11) is 0. The molecule has 1 heterocycles. The van der Waals surface area contributed by atoms with Gasteiger partial charge >= 0.3 is 0 Å². The zero-order valence-corrected chi connectivity index (χ0v) is 13.2. The van der Waals surface area contributed by atoms with E-state index in [1.54, 1.807) is 0 Å². The van der Waals surface area contributed by atoms with Crippen molar-refractivity contribution in [3.8, 4) is 0 Å². The molecule has 3 N–H and O–H groups in total. The number of unbranched alkanes of at least 4 members (excludes halogenated alkanes) is 2. The van der Waals surface area contributed by atoms with E-state index in [0.717, 1.165) is 29.1 Å². The van der Waals surface area contributed by atoms with E-state index in [9.17, 15) is 0 Å². The van der Waals surface area contributed by atoms with Crippen LogP contribution in [0, 0.1) is 13.8 Å². The van der Waals surface area contributed by atoms with Crippen molar-refractivity contribution in [2.75, 3.05) is 5.32 Å². The van der Waals surface area contributed by atoms with E-state index < -0.39 is 0 Å². The van der Waals surface area contributed by atoms with E-state index in [4.69, 9.17) is 18.0 Å². The van der Waals surface area contributed by atoms with E-state index in [0.29, 0.717) is 11.0 Å². The van der Waals surface area contributed by atoms with Crippen LogP contribution in [0.3, 0.4) is 0 Å². The number of aryl methyl sites for hydroxylation is 2. The van der Waals surface area contributed by atoms with Gasteiger partial charge in [0.25, 0.3) is 0 Å². The summed E-state index contributed by atoms with van der Waals surface area (Å²) in [6.07, 6.45) is 4.89. The van der Waals surface area contributed by atoms with Crippen LogP contribution in [-0.2, 0) is 0 Å². The lowest BCUT2D eigenvalue weighted by Crippen LogP contribution is -2.22. The van der Waals surface area contributed by atoms with Gasteiger partial charge < -0.3 is 11.1 Å². The first-order chi connectivity index (χ1) is 8.95. The van der Waals surface area contributed by atoms with Gasteiger partial charge in [0, 0.05) is 11.7 Å². The van der Waals surface area contributed by atoms with Crippen molar-refractivity contribution in [3.63, 3.8) is 0 Å². The molecule has 19 heavy (non-hydrogen) atoms. The highest BCUT2D eigenvalue weighted by atomic mass is 32.1. The number of rotatable bonds is 7. The molecule has 0 aliphatic heterocycles. The summed E-state index contributed by atoms with van der Waals surface area (Å²) in [5, 5.41) is 3.45. The molecule has 0 fully saturated rings. The molecule has 0 aromatic carbocycles. The molecule has 0 aliphatic carbocycles. The summed E-state index contributed by atoms with van der Waals surface area (Å²) in [5.74, 6) is 0.828. The lowest BCUT2D eigenvalue weighted by atomic mass is 10.1. The van der Waals surface area contributed by atoms with Crippen molar-refractivity contribution >= 4 is 23.0 Å². The first-order valence-electron chi connectivity index (χ1n) is 7.00. The monoisotopic (exact) mass is 279 g/mol. The van der Waals surface area contributed by atoms with Crippen molar-refractivity contribution in [2.45, 2.75) is 59.4 Å². The van der Waals surface area contributed by atoms with Gasteiger partial charge in [0.15, 0.2) is 0 Å². The highest BCUT2D eigenvalue weighted by Gasteiger charge is 2.13. The van der Waals surface area contributed by atoms with Crippen LogP contribution >= 0.6 is 12.2 Å². The average molecular weight is 279 g/mol. The molecular weight excluding hydrogens is 254 g/mol. The van der Waals surface area contributed by atoms with E-state index in [-0.39, 0.29) is 0 Å². The molecule has 0 saturated heterocycles. The van der Waals surface area contributed by atoms with Gasteiger partial charge in [-0.25, -0.2) is 4.98 Å². The Morgan fingerprint density at radius 1 is 1.42 bits per heavy atom. The maximum atomic E-state index is 5.81. The third-order valence-corrected chi connectivity index (χ3v) is 3.42. The molecule has 0 aliphatic rings. The molecule has 1 unspecified atom stereocenters. The summed E-state index contributed by atoms with van der Waals surface area (Å²) in [6.45, 7) is 8.41. The fraction of sp³-hybridized carbons (Fsp3) is 0.600. The molecule has 0 spiro atoms. The largest absolute Gasteiger partial charge is 0.389 e. The van der Waals surface area contributed by atoms with E-state index in [1.807, 2.05) is 19.9 Å². The minimum Gasteiger partial charge on any atom is -0.389 e. The molecule has 1 aromatic heterocycles. The van der Waals surface area contributed by atoms with Crippen LogP contribution in [0.5, 0.6) is 0 Å². The van der Waals surface area contributed by atoms with Crippen molar-refractivity contribution < 1.29 is 0 Å². The number of nitrogens with one attached hydrogen (secondary N) is 1. The summed E-state index contributed by atoms with van der Waals surface area (Å²) in [5.41, 5.74) is 8.77. The van der Waals surface area contributed by atoms with Crippen LogP contribution < -0.4 is 11.1 Å². The highest BCUT2D eigenvalue weighted by molar-refractivity contribution is 7.80. The molecule has 106 valence electrons. The van der Waals surface area contributed by atoms with Crippen LogP contribution in [0.4, 0.5) is 5.82 Å². The minimum atomic E-state index is 0.383. The number of anilines is 1. The topological polar surface area (TPSA) is 50.9 Å². The maximum Gasteiger partial charge on any atom is 0.136 e. The van der Waals surface area contributed by atoms with Crippen molar-refractivity contribution in [3.05, 3.63) is 22.9 Å². The smallest absolute Gasteiger partial charge is 0.136 e. The quantitative estimate of drug-likeness (QED) is 0.590. The zero-order valence-electron chi connectivity index (χ0n) is 12.4. The first kappa shape index (κ1) is 15.9. The van der Waals surface area contributed by atoms with Gasteiger partial charge in [-0.2, -0.15) is 0 Å². The van der Waals surface area contributed by atoms with Gasteiger partial charge in [0.05, 0.1) is 5.56 Å². The van der Waals surface area contributed by atoms with Crippen LogP contribution in [0.15, 0.2) is 6.07 Å². The summed E-state index contributed by atoms with van der Waals surface area (Å²) in [6, 6.07) is 2.40. The molecule has 1 rings (SSSR count). The number of thiocarbonyl (C=S) groups is 1. The Morgan fingerprint density at radius 3 is 2.68 bits per heavy atom. The van der Waals surface area contributed by atoms with E-state index in [2.05, 4.69) is 24.1 Å². The Hall–Kier alpha value is -1.16. The van der Waals surface area contributed by atoms with Crippen LogP contribution in [0.25, 0.3) is 0 Å². The predicted octanol–water partition coefficient (Wildman–Crippen LogP) is 3.71. The molecule has 1 aromatic rings. The van der Waals surface area contributed by atoms with Crippen LogP contribution in [0.2, 0.25) is 0 Å². The lowest BCUT2D eigenvalue weighted by molar-refractivity contribution is 0.613. The number of hydrogen-bond acceptors (Lipinski definition) is 3. The van der Waals surface area contributed by atoms with Gasteiger partial charge in [0.1, 0.15) is 10.8 Å². The standard InChI is InChI=1S/C15H25N3S/c1-5-6-7-8-11(3)17-15-13(14(16)19)10(2)9-12(4)18-15/h9,11H,5-8H2,1-4H3,(H2,16,19)(H,17,18). The summed E-state index contributed by atoms with van der Waals surface area (Å²) >= 11 is 5.14. The van der Waals surface area contributed by atoms with Crippen LogP contribution in [-0.4, -0.2) is 16.0 Å². The SMILES string of the molecule is CCCCCC(C)Nc1nc(C)cc(C)c1C(N)=S. The third-order valence-electron chi connectivity index (χ3n) is 3.21. The number of nitrogens with two attached hydrogens (primary N) is 1. The molecular formula is C15H25N3S. The molecule has 4 heteroatoms. The second kappa shape index (κ2) is 7.43. The van der Waals surface area contributed by atoms with E-state index >= 15 is 0 Å².